The van der Waals surface area contributed by atoms with Gasteiger partial charge in [0.15, 0.2) is 6.10 Å². The molecule has 0 aliphatic heterocycles. The van der Waals surface area contributed by atoms with Crippen molar-refractivity contribution in [3.63, 3.8) is 0 Å². The van der Waals surface area contributed by atoms with Crippen LogP contribution in [0.5, 0.6) is 0 Å². The summed E-state index contributed by atoms with van der Waals surface area (Å²) in [7, 11) is 1.40. The molecule has 0 aromatic rings. The average molecular weight is 909 g/mol. The van der Waals surface area contributed by atoms with Crippen molar-refractivity contribution in [2.24, 2.45) is 0 Å². The van der Waals surface area contributed by atoms with Gasteiger partial charge >= 0.3 is 19.8 Å². The van der Waals surface area contributed by atoms with Crippen molar-refractivity contribution in [2.45, 2.75) is 148 Å². The number of carbonyl (C=O) groups is 2. The number of quaternary nitrogens is 1. The number of rotatable bonds is 41. The summed E-state index contributed by atoms with van der Waals surface area (Å²) in [6, 6.07) is 0. The highest BCUT2D eigenvalue weighted by atomic mass is 31.2. The van der Waals surface area contributed by atoms with Crippen molar-refractivity contribution < 1.29 is 42.1 Å². The minimum Gasteiger partial charge on any atom is -0.462 e. The Labute approximate surface area is 390 Å². The molecule has 9 nitrogen and oxygen atoms in total. The second-order valence-corrected chi connectivity index (χ2v) is 17.8. The number of phosphoric acid groups is 1. The van der Waals surface area contributed by atoms with Crippen LogP contribution in [0.1, 0.15) is 142 Å². The Bertz CT molecular complexity index is 1540. The molecule has 0 fully saturated rings. The molecule has 0 aliphatic carbocycles. The van der Waals surface area contributed by atoms with E-state index in [-0.39, 0.29) is 26.1 Å². The summed E-state index contributed by atoms with van der Waals surface area (Å²) in [5.74, 6) is -0.912. The number of phosphoric ester groups is 1. The number of nitrogens with zero attached hydrogens (tertiary/aromatic N) is 1. The largest absolute Gasteiger partial charge is 0.472 e. The van der Waals surface area contributed by atoms with Gasteiger partial charge in [-0.1, -0.05) is 160 Å². The number of hydrogen-bond acceptors (Lipinski definition) is 7. The summed E-state index contributed by atoms with van der Waals surface area (Å²) in [5, 5.41) is 0. The minimum atomic E-state index is -4.41. The monoisotopic (exact) mass is 909 g/mol. The first-order valence-electron chi connectivity index (χ1n) is 23.9. The second kappa shape index (κ2) is 44.4. The van der Waals surface area contributed by atoms with Crippen molar-refractivity contribution in [3.8, 4) is 0 Å². The Morgan fingerprint density at radius 3 is 1.28 bits per heavy atom. The van der Waals surface area contributed by atoms with Crippen LogP contribution in [-0.2, 0) is 32.7 Å². The van der Waals surface area contributed by atoms with Crippen LogP contribution in [0.15, 0.2) is 134 Å². The minimum absolute atomic E-state index is 0.00863. The van der Waals surface area contributed by atoms with Crippen molar-refractivity contribution >= 4 is 19.8 Å². The van der Waals surface area contributed by atoms with E-state index in [2.05, 4.69) is 141 Å². The van der Waals surface area contributed by atoms with Gasteiger partial charge in [0.05, 0.1) is 27.7 Å². The maximum atomic E-state index is 12.7. The highest BCUT2D eigenvalue weighted by molar-refractivity contribution is 7.47. The van der Waals surface area contributed by atoms with Gasteiger partial charge in [0.2, 0.25) is 0 Å². The molecule has 2 atom stereocenters. The Morgan fingerprint density at radius 1 is 0.484 bits per heavy atom. The van der Waals surface area contributed by atoms with Gasteiger partial charge < -0.3 is 18.9 Å². The van der Waals surface area contributed by atoms with Gasteiger partial charge in [-0.3, -0.25) is 18.6 Å². The summed E-state index contributed by atoms with van der Waals surface area (Å²) in [5.41, 5.74) is 0. The van der Waals surface area contributed by atoms with Crippen molar-refractivity contribution in [1.82, 2.24) is 0 Å². The fraction of sp³-hybridized carbons (Fsp3) is 0.556. The lowest BCUT2D eigenvalue weighted by atomic mass is 10.1. The van der Waals surface area contributed by atoms with Gasteiger partial charge in [-0.05, 0) is 103 Å². The first-order chi connectivity index (χ1) is 31.0. The number of allylic oxidation sites excluding steroid dienone is 22. The van der Waals surface area contributed by atoms with Crippen LogP contribution >= 0.6 is 7.82 Å². The third-order valence-electron chi connectivity index (χ3n) is 9.18. The zero-order valence-corrected chi connectivity index (χ0v) is 41.3. The highest BCUT2D eigenvalue weighted by Crippen LogP contribution is 2.43. The molecule has 0 radical (unpaired) electrons. The third kappa shape index (κ3) is 47.6. The Morgan fingerprint density at radius 2 is 0.859 bits per heavy atom. The highest BCUT2D eigenvalue weighted by Gasteiger charge is 2.27. The Hall–Kier alpha value is -3.85. The lowest BCUT2D eigenvalue weighted by molar-refractivity contribution is -0.870. The molecule has 360 valence electrons. The van der Waals surface area contributed by atoms with Gasteiger partial charge in [-0.2, -0.15) is 0 Å². The molecule has 0 aliphatic rings. The lowest BCUT2D eigenvalue weighted by Gasteiger charge is -2.24. The molecule has 2 unspecified atom stereocenters. The van der Waals surface area contributed by atoms with Crippen LogP contribution in [0, 0.1) is 0 Å². The molecule has 0 saturated heterocycles. The molecular formula is C54H87NO8P+. The summed E-state index contributed by atoms with van der Waals surface area (Å²) < 4.78 is 34.3. The second-order valence-electron chi connectivity index (χ2n) is 16.4. The first-order valence-corrected chi connectivity index (χ1v) is 25.4. The van der Waals surface area contributed by atoms with Crippen LogP contribution in [0.3, 0.4) is 0 Å². The maximum absolute atomic E-state index is 12.7. The molecule has 64 heavy (non-hydrogen) atoms. The van der Waals surface area contributed by atoms with E-state index in [1.807, 2.05) is 27.2 Å². The van der Waals surface area contributed by atoms with Crippen LogP contribution < -0.4 is 0 Å². The zero-order valence-electron chi connectivity index (χ0n) is 40.4. The molecule has 0 bridgehead atoms. The SMILES string of the molecule is CC/C=C\C/C=C\C/C=C\C/C=C\C/C=C\C/C=C\CCCCCCC(=O)OC(COC(=O)CCC/C=C\C/C=C\C/C=C\C/C=C\C/C=C\CC)COP(=O)(O)OCC[N+](C)(C)C. The molecule has 0 rings (SSSR count). The fourth-order valence-electron chi connectivity index (χ4n) is 5.52. The zero-order chi connectivity index (χ0) is 47.1. The van der Waals surface area contributed by atoms with Crippen LogP contribution in [0.4, 0.5) is 0 Å². The van der Waals surface area contributed by atoms with E-state index in [9.17, 15) is 19.0 Å². The van der Waals surface area contributed by atoms with Gasteiger partial charge in [0.1, 0.15) is 19.8 Å². The normalized spacial score (nSPS) is 14.7. The predicted molar refractivity (Wildman–Crippen MR) is 270 cm³/mol. The number of ether oxygens (including phenoxy) is 2. The van der Waals surface area contributed by atoms with Crippen LogP contribution in [-0.4, -0.2) is 74.9 Å². The Kier molecular flexibility index (Phi) is 41.7. The van der Waals surface area contributed by atoms with Crippen molar-refractivity contribution in [3.05, 3.63) is 134 Å². The Balaban J connectivity index is 4.48. The van der Waals surface area contributed by atoms with Gasteiger partial charge in [-0.25, -0.2) is 4.57 Å². The van der Waals surface area contributed by atoms with E-state index >= 15 is 0 Å². The van der Waals surface area contributed by atoms with E-state index in [1.165, 1.54) is 0 Å². The van der Waals surface area contributed by atoms with Crippen molar-refractivity contribution in [2.75, 3.05) is 47.5 Å². The number of esters is 2. The number of hydrogen-bond donors (Lipinski definition) is 1. The van der Waals surface area contributed by atoms with Gasteiger partial charge in [0, 0.05) is 12.8 Å². The third-order valence-corrected chi connectivity index (χ3v) is 10.2. The van der Waals surface area contributed by atoms with E-state index in [0.29, 0.717) is 23.9 Å². The maximum Gasteiger partial charge on any atom is 0.472 e. The van der Waals surface area contributed by atoms with Gasteiger partial charge in [-0.15, -0.1) is 0 Å². The molecule has 0 amide bonds. The topological polar surface area (TPSA) is 108 Å². The summed E-state index contributed by atoms with van der Waals surface area (Å²) in [4.78, 5) is 35.5. The standard InChI is InChI=1S/C54H86NO8P/c1-6-8-10-12-14-16-18-20-22-24-25-26-27-28-29-31-33-35-37-39-41-43-45-47-54(57)63-52(51-62-64(58,59)61-49-48-55(3,4)5)50-60-53(56)46-44-42-40-38-36-34-32-30-23-21-19-17-15-13-11-9-7-2/h8-11,14-17,20-23,25-26,28-29,32-35,38,40,52H,6-7,12-13,18-19,24,27,30-31,36-37,39,41-51H2,1-5H3/p+1/b10-8-,11-9-,16-14-,17-15-,22-20-,23-21-,26-25-,29-28-,34-32-,35-33-,40-38-. The van der Waals surface area contributed by atoms with Crippen LogP contribution in [0.2, 0.25) is 0 Å². The first kappa shape index (κ1) is 60.2. The number of unbranched alkanes of at least 4 members (excludes halogenated alkanes) is 5. The molecule has 0 saturated carbocycles. The summed E-state index contributed by atoms with van der Waals surface area (Å²) >= 11 is 0. The van der Waals surface area contributed by atoms with E-state index in [0.717, 1.165) is 103 Å². The molecule has 1 N–H and O–H groups in total. The van der Waals surface area contributed by atoms with Crippen LogP contribution in [0.25, 0.3) is 0 Å². The molecule has 0 aromatic carbocycles. The predicted octanol–water partition coefficient (Wildman–Crippen LogP) is 14.2. The summed E-state index contributed by atoms with van der Waals surface area (Å²) in [6.07, 6.45) is 63.7. The van der Waals surface area contributed by atoms with E-state index < -0.39 is 32.5 Å². The molecule has 0 spiro atoms. The van der Waals surface area contributed by atoms with E-state index in [1.54, 1.807) is 0 Å². The quantitative estimate of drug-likeness (QED) is 0.0212. The fourth-order valence-corrected chi connectivity index (χ4v) is 6.26. The number of likely N-dealkylation sites (N-methyl/N-ethyl adjacent to an activating group) is 1. The summed E-state index contributed by atoms with van der Waals surface area (Å²) in [6.45, 7) is 4.06. The molecule has 10 heteroatoms. The average Bonchev–Trinajstić information content (AvgIpc) is 3.25. The smallest absolute Gasteiger partial charge is 0.462 e. The molecule has 0 aromatic heterocycles. The number of carbonyl (C=O) groups excluding carboxylic acids is 2. The van der Waals surface area contributed by atoms with E-state index in [4.69, 9.17) is 18.5 Å². The molecule has 0 heterocycles. The van der Waals surface area contributed by atoms with Gasteiger partial charge in [0.25, 0.3) is 0 Å². The lowest BCUT2D eigenvalue weighted by Crippen LogP contribution is -2.37. The van der Waals surface area contributed by atoms with Crippen molar-refractivity contribution in [1.29, 1.82) is 0 Å². The molecular weight excluding hydrogens is 822 g/mol.